The van der Waals surface area contributed by atoms with Gasteiger partial charge in [-0.3, -0.25) is 14.7 Å². The summed E-state index contributed by atoms with van der Waals surface area (Å²) in [7, 11) is 0. The number of likely N-dealkylation sites (tertiary alicyclic amines) is 1. The van der Waals surface area contributed by atoms with Crippen molar-refractivity contribution in [3.05, 3.63) is 102 Å². The minimum absolute atomic E-state index is 0.0253. The number of rotatable bonds is 5. The number of aromatic nitrogens is 1. The van der Waals surface area contributed by atoms with Gasteiger partial charge in [0.25, 0.3) is 5.91 Å². The number of carbonyl (C=O) groups excluding carboxylic acids is 1. The van der Waals surface area contributed by atoms with Gasteiger partial charge in [0.05, 0.1) is 0 Å². The Balaban J connectivity index is 1.43. The molecule has 5 atom stereocenters. The third kappa shape index (κ3) is 4.29. The summed E-state index contributed by atoms with van der Waals surface area (Å²) in [6.07, 6.45) is 10.7. The lowest BCUT2D eigenvalue weighted by molar-refractivity contribution is -0.0606. The highest BCUT2D eigenvalue weighted by molar-refractivity contribution is 5.94. The first kappa shape index (κ1) is 22.5. The summed E-state index contributed by atoms with van der Waals surface area (Å²) in [5.41, 5.74) is 3.65. The van der Waals surface area contributed by atoms with Crippen molar-refractivity contribution in [2.45, 2.75) is 61.9 Å². The Morgan fingerprint density at radius 1 is 0.771 bits per heavy atom. The van der Waals surface area contributed by atoms with Gasteiger partial charge in [0.15, 0.2) is 0 Å². The molecule has 0 radical (unpaired) electrons. The zero-order valence-electron chi connectivity index (χ0n) is 20.4. The molecule has 0 spiro atoms. The van der Waals surface area contributed by atoms with Gasteiger partial charge in [-0.15, -0.1) is 0 Å². The first-order valence-corrected chi connectivity index (χ1v) is 13.3. The van der Waals surface area contributed by atoms with Crippen LogP contribution in [0.3, 0.4) is 0 Å². The molecule has 3 saturated carbocycles. The minimum atomic E-state index is 0.0253. The number of pyridine rings is 1. The van der Waals surface area contributed by atoms with Crippen molar-refractivity contribution in [3.63, 3.8) is 0 Å². The van der Waals surface area contributed by atoms with E-state index in [0.29, 0.717) is 23.3 Å². The molecule has 3 aromatic rings. The standard InChI is InChI=1S/C31H35N3O/c35-30(25-14-16-32-17-15-25)33-28-22-31(34-18-8-3-9-19-34)20-26(23-10-4-1-5-11-23)29(28)27(21-31)24-12-6-2-7-13-24/h1-2,4-7,10-17,26-29H,3,8-9,18-22H2,(H,33,35)/t26-,27+,28-,29?,31?/m0/s1. The van der Waals surface area contributed by atoms with Crippen LogP contribution in [0.1, 0.15) is 71.8 Å². The zero-order valence-corrected chi connectivity index (χ0v) is 20.4. The smallest absolute Gasteiger partial charge is 0.251 e. The minimum Gasteiger partial charge on any atom is -0.349 e. The van der Waals surface area contributed by atoms with Crippen LogP contribution in [0.2, 0.25) is 0 Å². The molecule has 1 saturated heterocycles. The average molecular weight is 466 g/mol. The average Bonchev–Trinajstić information content (AvgIpc) is 2.95. The van der Waals surface area contributed by atoms with Crippen molar-refractivity contribution < 1.29 is 4.79 Å². The number of carbonyl (C=O) groups is 1. The molecule has 1 aromatic heterocycles. The quantitative estimate of drug-likeness (QED) is 0.519. The molecule has 4 fully saturated rings. The van der Waals surface area contributed by atoms with E-state index in [1.54, 1.807) is 12.4 Å². The lowest BCUT2D eigenvalue weighted by Crippen LogP contribution is -2.66. The maximum Gasteiger partial charge on any atom is 0.251 e. The second kappa shape index (κ2) is 9.58. The van der Waals surface area contributed by atoms with Gasteiger partial charge in [-0.2, -0.15) is 0 Å². The number of piperidine rings is 1. The molecule has 2 heterocycles. The van der Waals surface area contributed by atoms with Crippen LogP contribution in [-0.2, 0) is 0 Å². The fourth-order valence-electron chi connectivity index (χ4n) is 7.47. The molecule has 4 nitrogen and oxygen atoms in total. The van der Waals surface area contributed by atoms with Crippen LogP contribution < -0.4 is 5.32 Å². The largest absolute Gasteiger partial charge is 0.349 e. The monoisotopic (exact) mass is 465 g/mol. The first-order valence-electron chi connectivity index (χ1n) is 13.3. The van der Waals surface area contributed by atoms with Crippen LogP contribution in [0.25, 0.3) is 0 Å². The van der Waals surface area contributed by atoms with Crippen LogP contribution in [0.4, 0.5) is 0 Å². The summed E-state index contributed by atoms with van der Waals surface area (Å²) < 4.78 is 0. The van der Waals surface area contributed by atoms with E-state index in [1.165, 1.54) is 56.3 Å². The van der Waals surface area contributed by atoms with Crippen LogP contribution in [0.5, 0.6) is 0 Å². The summed E-state index contributed by atoms with van der Waals surface area (Å²) in [6, 6.07) is 25.9. The Labute approximate surface area is 208 Å². The van der Waals surface area contributed by atoms with Crippen LogP contribution in [-0.4, -0.2) is 40.5 Å². The normalized spacial score (nSPS) is 30.6. The first-order chi connectivity index (χ1) is 17.2. The van der Waals surface area contributed by atoms with Crippen molar-refractivity contribution >= 4 is 5.91 Å². The number of nitrogens with zero attached hydrogens (tertiary/aromatic N) is 2. The Hall–Kier alpha value is -2.98. The highest BCUT2D eigenvalue weighted by atomic mass is 16.1. The van der Waals surface area contributed by atoms with E-state index in [1.807, 2.05) is 12.1 Å². The Kier molecular flexibility index (Phi) is 6.15. The molecule has 35 heavy (non-hydrogen) atoms. The highest BCUT2D eigenvalue weighted by Gasteiger charge is 2.58. The van der Waals surface area contributed by atoms with Crippen molar-refractivity contribution in [1.82, 2.24) is 15.2 Å². The molecule has 1 N–H and O–H groups in total. The fraction of sp³-hybridized carbons (Fsp3) is 0.419. The van der Waals surface area contributed by atoms with Crippen LogP contribution >= 0.6 is 0 Å². The fourth-order valence-corrected chi connectivity index (χ4v) is 7.47. The van der Waals surface area contributed by atoms with Gasteiger partial charge in [-0.05, 0) is 86.2 Å². The lowest BCUT2D eigenvalue weighted by Gasteiger charge is -2.62. The summed E-state index contributed by atoms with van der Waals surface area (Å²) in [4.78, 5) is 20.3. The molecule has 1 amide bonds. The third-order valence-electron chi connectivity index (χ3n) is 8.93. The van der Waals surface area contributed by atoms with Crippen LogP contribution in [0, 0.1) is 5.92 Å². The van der Waals surface area contributed by atoms with Crippen molar-refractivity contribution in [1.29, 1.82) is 0 Å². The molecule has 2 aromatic carbocycles. The zero-order chi connectivity index (χ0) is 23.7. The predicted octanol–water partition coefficient (Wildman–Crippen LogP) is 5.79. The van der Waals surface area contributed by atoms with Crippen LogP contribution in [0.15, 0.2) is 85.2 Å². The topological polar surface area (TPSA) is 45.2 Å². The van der Waals surface area contributed by atoms with E-state index < -0.39 is 0 Å². The maximum atomic E-state index is 13.4. The summed E-state index contributed by atoms with van der Waals surface area (Å²) in [6.45, 7) is 2.36. The molecule has 2 bridgehead atoms. The van der Waals surface area contributed by atoms with Crippen molar-refractivity contribution in [2.75, 3.05) is 13.1 Å². The lowest BCUT2D eigenvalue weighted by atomic mass is 9.51. The highest BCUT2D eigenvalue weighted by Crippen LogP contribution is 2.60. The summed E-state index contributed by atoms with van der Waals surface area (Å²) >= 11 is 0. The van der Waals surface area contributed by atoms with Gasteiger partial charge in [0.2, 0.25) is 0 Å². The van der Waals surface area contributed by atoms with E-state index in [2.05, 4.69) is 75.9 Å². The number of benzene rings is 2. The SMILES string of the molecule is O=C(N[C@H]1CC2(N3CCCCC3)C[C@H](c3ccccc3)C1[C@H](c1ccccc1)C2)c1ccncc1. The van der Waals surface area contributed by atoms with E-state index in [4.69, 9.17) is 0 Å². The van der Waals surface area contributed by atoms with Gasteiger partial charge in [-0.1, -0.05) is 67.1 Å². The molecule has 4 heteroatoms. The predicted molar refractivity (Wildman–Crippen MR) is 139 cm³/mol. The molecular formula is C31H35N3O. The molecule has 7 rings (SSSR count). The molecule has 4 aliphatic rings. The molecule has 180 valence electrons. The van der Waals surface area contributed by atoms with Crippen molar-refractivity contribution in [2.24, 2.45) is 5.92 Å². The number of amides is 1. The van der Waals surface area contributed by atoms with Gasteiger partial charge in [0.1, 0.15) is 0 Å². The second-order valence-corrected chi connectivity index (χ2v) is 10.8. The number of nitrogens with one attached hydrogen (secondary N) is 1. The van der Waals surface area contributed by atoms with E-state index in [9.17, 15) is 4.79 Å². The molecule has 1 aliphatic heterocycles. The molecule has 2 unspecified atom stereocenters. The molecular weight excluding hydrogens is 430 g/mol. The van der Waals surface area contributed by atoms with E-state index in [-0.39, 0.29) is 17.5 Å². The maximum absolute atomic E-state index is 13.4. The number of fused-ring (bicyclic) bond motifs is 3. The Bertz CT molecular complexity index is 1080. The third-order valence-corrected chi connectivity index (χ3v) is 8.93. The Morgan fingerprint density at radius 3 is 1.91 bits per heavy atom. The Morgan fingerprint density at radius 2 is 1.34 bits per heavy atom. The van der Waals surface area contributed by atoms with Gasteiger partial charge in [-0.25, -0.2) is 0 Å². The molecule has 3 aliphatic carbocycles. The van der Waals surface area contributed by atoms with E-state index >= 15 is 0 Å². The number of hydrogen-bond donors (Lipinski definition) is 1. The van der Waals surface area contributed by atoms with Gasteiger partial charge < -0.3 is 5.32 Å². The summed E-state index contributed by atoms with van der Waals surface area (Å²) in [5.74, 6) is 1.25. The van der Waals surface area contributed by atoms with Gasteiger partial charge in [0, 0.05) is 29.5 Å². The number of hydrogen-bond acceptors (Lipinski definition) is 3. The summed E-state index contributed by atoms with van der Waals surface area (Å²) in [5, 5.41) is 3.54. The van der Waals surface area contributed by atoms with Gasteiger partial charge >= 0.3 is 0 Å². The second-order valence-electron chi connectivity index (χ2n) is 10.8. The van der Waals surface area contributed by atoms with Crippen molar-refractivity contribution in [3.8, 4) is 0 Å². The van der Waals surface area contributed by atoms with E-state index in [0.717, 1.165) is 6.42 Å².